The Kier molecular flexibility index (Phi) is 5.28. The molecule has 0 aliphatic heterocycles. The van der Waals surface area contributed by atoms with E-state index < -0.39 is 0 Å². The largest absolute Gasteiger partial charge is 0.366 e. The van der Waals surface area contributed by atoms with Crippen LogP contribution in [0.2, 0.25) is 0 Å². The zero-order chi connectivity index (χ0) is 16.3. The van der Waals surface area contributed by atoms with Crippen molar-refractivity contribution in [3.8, 4) is 11.1 Å². The van der Waals surface area contributed by atoms with E-state index in [0.29, 0.717) is 18.0 Å². The van der Waals surface area contributed by atoms with E-state index in [4.69, 9.17) is 0 Å². The molecule has 0 fully saturated rings. The van der Waals surface area contributed by atoms with E-state index in [1.54, 1.807) is 0 Å². The highest BCUT2D eigenvalue weighted by molar-refractivity contribution is 5.70. The quantitative estimate of drug-likeness (QED) is 0.644. The van der Waals surface area contributed by atoms with Gasteiger partial charge >= 0.3 is 0 Å². The number of anilines is 1. The first kappa shape index (κ1) is 16.6. The first-order valence-electron chi connectivity index (χ1n) is 8.39. The van der Waals surface area contributed by atoms with Gasteiger partial charge in [-0.25, -0.2) is 0 Å². The van der Waals surface area contributed by atoms with Crippen LogP contribution in [0.5, 0.6) is 0 Å². The van der Waals surface area contributed by atoms with Gasteiger partial charge in [0.15, 0.2) is 0 Å². The zero-order valence-electron chi connectivity index (χ0n) is 14.8. The van der Waals surface area contributed by atoms with Crippen LogP contribution in [0.25, 0.3) is 11.1 Å². The molecule has 0 saturated heterocycles. The van der Waals surface area contributed by atoms with Gasteiger partial charge in [-0.1, -0.05) is 50.2 Å². The highest BCUT2D eigenvalue weighted by Gasteiger charge is 2.19. The Morgan fingerprint density at radius 1 is 0.682 bits per heavy atom. The first-order chi connectivity index (χ1) is 10.4. The van der Waals surface area contributed by atoms with E-state index in [9.17, 15) is 0 Å². The Balaban J connectivity index is 2.53. The van der Waals surface area contributed by atoms with Crippen LogP contribution in [0.4, 0.5) is 5.69 Å². The number of benzene rings is 2. The summed E-state index contributed by atoms with van der Waals surface area (Å²) in [4.78, 5) is 2.52. The minimum atomic E-state index is 0.500. The predicted octanol–water partition coefficient (Wildman–Crippen LogP) is 6.10. The fourth-order valence-electron chi connectivity index (χ4n) is 3.21. The maximum atomic E-state index is 2.52. The molecule has 0 heterocycles. The van der Waals surface area contributed by atoms with Crippen LogP contribution in [-0.4, -0.2) is 12.1 Å². The van der Waals surface area contributed by atoms with Crippen LogP contribution >= 0.6 is 0 Å². The summed E-state index contributed by atoms with van der Waals surface area (Å²) in [7, 11) is 0. The average Bonchev–Trinajstić information content (AvgIpc) is 2.47. The molecule has 0 atom stereocenters. The molecule has 0 amide bonds. The lowest BCUT2D eigenvalue weighted by Crippen LogP contribution is -2.37. The molecule has 0 aliphatic carbocycles. The lowest BCUT2D eigenvalue weighted by molar-refractivity contribution is 0.603. The van der Waals surface area contributed by atoms with Crippen molar-refractivity contribution in [2.24, 2.45) is 0 Å². The van der Waals surface area contributed by atoms with Gasteiger partial charge in [-0.3, -0.25) is 0 Å². The van der Waals surface area contributed by atoms with Crippen molar-refractivity contribution in [1.82, 2.24) is 0 Å². The maximum absolute atomic E-state index is 2.52. The van der Waals surface area contributed by atoms with Crippen LogP contribution in [0.3, 0.4) is 0 Å². The Hall–Kier alpha value is -1.76. The van der Waals surface area contributed by atoms with Gasteiger partial charge in [-0.05, 0) is 62.4 Å². The molecule has 1 heteroatoms. The Labute approximate surface area is 136 Å². The molecule has 0 aliphatic rings. The van der Waals surface area contributed by atoms with Crippen molar-refractivity contribution in [3.63, 3.8) is 0 Å². The van der Waals surface area contributed by atoms with E-state index in [-0.39, 0.29) is 0 Å². The molecule has 22 heavy (non-hydrogen) atoms. The first-order valence-corrected chi connectivity index (χ1v) is 8.39. The molecule has 0 saturated carbocycles. The average molecular weight is 295 g/mol. The zero-order valence-corrected chi connectivity index (χ0v) is 14.8. The Bertz CT molecular complexity index is 589. The SMILES string of the molecule is CC(C)c1cc(-c2ccccc2)ccc1N(C(C)C)C(C)C. The third-order valence-corrected chi connectivity index (χ3v) is 4.15. The molecular weight excluding hydrogens is 266 g/mol. The van der Waals surface area contributed by atoms with Crippen LogP contribution in [0.15, 0.2) is 48.5 Å². The minimum absolute atomic E-state index is 0.500. The second-order valence-electron chi connectivity index (χ2n) is 6.89. The summed E-state index contributed by atoms with van der Waals surface area (Å²) in [6.07, 6.45) is 0. The Morgan fingerprint density at radius 3 is 1.77 bits per heavy atom. The van der Waals surface area contributed by atoms with Gasteiger partial charge in [-0.15, -0.1) is 0 Å². The molecule has 0 radical (unpaired) electrons. The standard InChI is InChI=1S/C21H29N/c1-15(2)20-14-19(18-10-8-7-9-11-18)12-13-21(20)22(16(3)4)17(5)6/h7-17H,1-6H3. The smallest absolute Gasteiger partial charge is 0.0406 e. The summed E-state index contributed by atoms with van der Waals surface area (Å²) in [6.45, 7) is 13.7. The maximum Gasteiger partial charge on any atom is 0.0406 e. The molecule has 0 unspecified atom stereocenters. The highest BCUT2D eigenvalue weighted by Crippen LogP contribution is 2.34. The second-order valence-corrected chi connectivity index (χ2v) is 6.89. The van der Waals surface area contributed by atoms with Crippen LogP contribution in [0.1, 0.15) is 53.0 Å². The van der Waals surface area contributed by atoms with E-state index in [1.165, 1.54) is 22.4 Å². The molecule has 2 aromatic carbocycles. The topological polar surface area (TPSA) is 3.24 Å². The van der Waals surface area contributed by atoms with Crippen LogP contribution in [-0.2, 0) is 0 Å². The van der Waals surface area contributed by atoms with Gasteiger partial charge in [0, 0.05) is 17.8 Å². The molecule has 118 valence electrons. The number of hydrogen-bond donors (Lipinski definition) is 0. The molecular formula is C21H29N. The summed E-state index contributed by atoms with van der Waals surface area (Å²) in [5, 5.41) is 0. The fraction of sp³-hybridized carbons (Fsp3) is 0.429. The van der Waals surface area contributed by atoms with E-state index >= 15 is 0 Å². The van der Waals surface area contributed by atoms with E-state index in [2.05, 4.69) is 95.0 Å². The van der Waals surface area contributed by atoms with Gasteiger partial charge in [0.2, 0.25) is 0 Å². The third kappa shape index (κ3) is 3.52. The second kappa shape index (κ2) is 7.00. The van der Waals surface area contributed by atoms with Gasteiger partial charge in [0.05, 0.1) is 0 Å². The lowest BCUT2D eigenvalue weighted by Gasteiger charge is -2.35. The van der Waals surface area contributed by atoms with Gasteiger partial charge in [0.1, 0.15) is 0 Å². The van der Waals surface area contributed by atoms with Gasteiger partial charge in [0.25, 0.3) is 0 Å². The van der Waals surface area contributed by atoms with E-state index in [0.717, 1.165) is 0 Å². The summed E-state index contributed by atoms with van der Waals surface area (Å²) in [5.41, 5.74) is 5.40. The summed E-state index contributed by atoms with van der Waals surface area (Å²) >= 11 is 0. The molecule has 0 N–H and O–H groups in total. The molecule has 2 rings (SSSR count). The minimum Gasteiger partial charge on any atom is -0.366 e. The molecule has 2 aromatic rings. The molecule has 0 bridgehead atoms. The summed E-state index contributed by atoms with van der Waals surface area (Å²) in [5.74, 6) is 0.513. The van der Waals surface area contributed by atoms with Crippen molar-refractivity contribution < 1.29 is 0 Å². The van der Waals surface area contributed by atoms with Crippen LogP contribution in [0, 0.1) is 0 Å². The predicted molar refractivity (Wildman–Crippen MR) is 98.7 cm³/mol. The van der Waals surface area contributed by atoms with Crippen molar-refractivity contribution in [3.05, 3.63) is 54.1 Å². The number of nitrogens with zero attached hydrogens (tertiary/aromatic N) is 1. The van der Waals surface area contributed by atoms with Crippen molar-refractivity contribution in [2.75, 3.05) is 4.90 Å². The molecule has 1 nitrogen and oxygen atoms in total. The van der Waals surface area contributed by atoms with Crippen LogP contribution < -0.4 is 4.90 Å². The normalized spacial score (nSPS) is 11.5. The summed E-state index contributed by atoms with van der Waals surface area (Å²) < 4.78 is 0. The van der Waals surface area contributed by atoms with Gasteiger partial charge < -0.3 is 4.90 Å². The molecule has 0 spiro atoms. The highest BCUT2D eigenvalue weighted by atomic mass is 15.2. The molecule has 0 aromatic heterocycles. The van der Waals surface area contributed by atoms with Crippen molar-refractivity contribution in [1.29, 1.82) is 0 Å². The van der Waals surface area contributed by atoms with E-state index in [1.807, 2.05) is 0 Å². The summed E-state index contributed by atoms with van der Waals surface area (Å²) in [6, 6.07) is 18.6. The third-order valence-electron chi connectivity index (χ3n) is 4.15. The monoisotopic (exact) mass is 295 g/mol. The number of hydrogen-bond acceptors (Lipinski definition) is 1. The van der Waals surface area contributed by atoms with Crippen molar-refractivity contribution in [2.45, 2.75) is 59.5 Å². The number of rotatable bonds is 5. The van der Waals surface area contributed by atoms with Crippen molar-refractivity contribution >= 4 is 5.69 Å². The fourth-order valence-corrected chi connectivity index (χ4v) is 3.21. The lowest BCUT2D eigenvalue weighted by atomic mass is 9.94. The Morgan fingerprint density at radius 2 is 1.27 bits per heavy atom. The van der Waals surface area contributed by atoms with Gasteiger partial charge in [-0.2, -0.15) is 0 Å².